The van der Waals surface area contributed by atoms with Crippen molar-refractivity contribution in [2.75, 3.05) is 26.2 Å². The van der Waals surface area contributed by atoms with Gasteiger partial charge in [0.1, 0.15) is 12.4 Å². The highest BCUT2D eigenvalue weighted by molar-refractivity contribution is 5.92. The maximum atomic E-state index is 12.7. The number of rotatable bonds is 4. The van der Waals surface area contributed by atoms with E-state index in [1.54, 1.807) is 6.07 Å². The third-order valence-electron chi connectivity index (χ3n) is 5.42. The molecule has 0 saturated carbocycles. The topological polar surface area (TPSA) is 58.8 Å². The van der Waals surface area contributed by atoms with Gasteiger partial charge in [0, 0.05) is 31.7 Å². The number of nitrogens with zero attached hydrogens (tertiary/aromatic N) is 3. The predicted molar refractivity (Wildman–Crippen MR) is 97.2 cm³/mol. The fourth-order valence-electron chi connectivity index (χ4n) is 3.99. The summed E-state index contributed by atoms with van der Waals surface area (Å²) in [6, 6.07) is 8.25. The lowest BCUT2D eigenvalue weighted by Crippen LogP contribution is -2.52. The van der Waals surface area contributed by atoms with Gasteiger partial charge in [-0.1, -0.05) is 23.4 Å². The van der Waals surface area contributed by atoms with E-state index in [9.17, 15) is 4.79 Å². The number of fused-ring (bicyclic) bond motifs is 1. The van der Waals surface area contributed by atoms with Crippen LogP contribution in [0.1, 0.15) is 40.2 Å². The van der Waals surface area contributed by atoms with Crippen molar-refractivity contribution in [3.05, 3.63) is 46.8 Å². The Balaban J connectivity index is 1.39. The van der Waals surface area contributed by atoms with Gasteiger partial charge in [-0.05, 0) is 44.4 Å². The number of hydrogen-bond donors (Lipinski definition) is 0. The Morgan fingerprint density at radius 2 is 2.08 bits per heavy atom. The Labute approximate surface area is 153 Å². The molecule has 4 rings (SSSR count). The molecule has 0 aliphatic carbocycles. The first kappa shape index (κ1) is 17.1. The molecule has 0 spiro atoms. The van der Waals surface area contributed by atoms with Gasteiger partial charge in [0.15, 0.2) is 11.5 Å². The monoisotopic (exact) mass is 355 g/mol. The van der Waals surface area contributed by atoms with Crippen LogP contribution < -0.4 is 4.74 Å². The molecule has 26 heavy (non-hydrogen) atoms. The van der Waals surface area contributed by atoms with Gasteiger partial charge in [0.2, 0.25) is 0 Å². The second kappa shape index (κ2) is 7.11. The van der Waals surface area contributed by atoms with Gasteiger partial charge in [0.05, 0.1) is 0 Å². The average Bonchev–Trinajstić information content (AvgIpc) is 3.29. The average molecular weight is 355 g/mol. The zero-order chi connectivity index (χ0) is 18.1. The predicted octanol–water partition coefficient (Wildman–Crippen LogP) is 2.79. The van der Waals surface area contributed by atoms with Crippen LogP contribution in [-0.2, 0) is 6.61 Å². The summed E-state index contributed by atoms with van der Waals surface area (Å²) in [5, 5.41) is 3.97. The standard InChI is InChI=1S/C20H25N3O3/c1-14-5-3-6-15(2)19(14)25-13-17-11-18(21-26-17)20(24)23-10-9-22-8-4-7-16(22)12-23/h3,5-6,11,16H,4,7-10,12-13H2,1-2H3/t16-/m0/s1. The normalized spacial score (nSPS) is 20.2. The second-order valence-electron chi connectivity index (χ2n) is 7.27. The minimum atomic E-state index is -0.0429. The van der Waals surface area contributed by atoms with Gasteiger partial charge in [-0.2, -0.15) is 0 Å². The van der Waals surface area contributed by atoms with Crippen LogP contribution in [0.4, 0.5) is 0 Å². The van der Waals surface area contributed by atoms with Crippen LogP contribution in [0.3, 0.4) is 0 Å². The van der Waals surface area contributed by atoms with Crippen LogP contribution >= 0.6 is 0 Å². The molecule has 2 fully saturated rings. The van der Waals surface area contributed by atoms with Crippen LogP contribution in [0.25, 0.3) is 0 Å². The first-order valence-corrected chi connectivity index (χ1v) is 9.30. The third kappa shape index (κ3) is 3.33. The molecule has 0 N–H and O–H groups in total. The SMILES string of the molecule is Cc1cccc(C)c1OCc1cc(C(=O)N2CCN3CCC[C@H]3C2)no1. The van der Waals surface area contributed by atoms with Crippen molar-refractivity contribution in [2.24, 2.45) is 0 Å². The number of benzene rings is 1. The largest absolute Gasteiger partial charge is 0.485 e. The molecule has 1 aromatic carbocycles. The molecule has 2 aliphatic heterocycles. The van der Waals surface area contributed by atoms with Crippen LogP contribution in [-0.4, -0.2) is 53.1 Å². The first-order chi connectivity index (χ1) is 12.6. The number of para-hydroxylation sites is 1. The number of aryl methyl sites for hydroxylation is 2. The minimum Gasteiger partial charge on any atom is -0.485 e. The number of hydrogen-bond acceptors (Lipinski definition) is 5. The van der Waals surface area contributed by atoms with E-state index in [1.807, 2.05) is 36.9 Å². The van der Waals surface area contributed by atoms with Gasteiger partial charge >= 0.3 is 0 Å². The molecule has 0 bridgehead atoms. The lowest BCUT2D eigenvalue weighted by atomic mass is 10.1. The molecule has 0 radical (unpaired) electrons. The van der Waals surface area contributed by atoms with Crippen LogP contribution in [0.15, 0.2) is 28.8 Å². The van der Waals surface area contributed by atoms with Gasteiger partial charge in [-0.3, -0.25) is 9.69 Å². The minimum absolute atomic E-state index is 0.0429. The number of ether oxygens (including phenoxy) is 1. The summed E-state index contributed by atoms with van der Waals surface area (Å²) in [6.07, 6.45) is 2.41. The Hall–Kier alpha value is -2.34. The van der Waals surface area contributed by atoms with Crippen LogP contribution in [0.5, 0.6) is 5.75 Å². The fraction of sp³-hybridized carbons (Fsp3) is 0.500. The molecule has 2 aliphatic rings. The molecule has 6 nitrogen and oxygen atoms in total. The molecule has 2 aromatic rings. The summed E-state index contributed by atoms with van der Waals surface area (Å²) in [4.78, 5) is 17.1. The molecule has 2 saturated heterocycles. The van der Waals surface area contributed by atoms with Crippen molar-refractivity contribution in [1.82, 2.24) is 15.0 Å². The molecule has 1 atom stereocenters. The summed E-state index contributed by atoms with van der Waals surface area (Å²) in [6.45, 7) is 7.96. The van der Waals surface area contributed by atoms with Crippen molar-refractivity contribution in [1.29, 1.82) is 0 Å². The van der Waals surface area contributed by atoms with Crippen molar-refractivity contribution in [2.45, 2.75) is 39.3 Å². The van der Waals surface area contributed by atoms with E-state index in [4.69, 9.17) is 9.26 Å². The van der Waals surface area contributed by atoms with Crippen LogP contribution in [0.2, 0.25) is 0 Å². The summed E-state index contributed by atoms with van der Waals surface area (Å²) in [7, 11) is 0. The highest BCUT2D eigenvalue weighted by atomic mass is 16.5. The molecule has 1 aromatic heterocycles. The molecule has 6 heteroatoms. The van der Waals surface area contributed by atoms with Crippen molar-refractivity contribution in [3.8, 4) is 5.75 Å². The molecule has 1 amide bonds. The van der Waals surface area contributed by atoms with Gasteiger partial charge < -0.3 is 14.2 Å². The summed E-state index contributed by atoms with van der Waals surface area (Å²) in [5.74, 6) is 1.38. The molecule has 138 valence electrons. The van der Waals surface area contributed by atoms with E-state index in [2.05, 4.69) is 10.1 Å². The van der Waals surface area contributed by atoms with E-state index < -0.39 is 0 Å². The Morgan fingerprint density at radius 1 is 1.27 bits per heavy atom. The van der Waals surface area contributed by atoms with E-state index in [0.29, 0.717) is 17.5 Å². The molecule has 3 heterocycles. The van der Waals surface area contributed by atoms with Crippen molar-refractivity contribution < 1.29 is 14.1 Å². The zero-order valence-corrected chi connectivity index (χ0v) is 15.4. The van der Waals surface area contributed by atoms with E-state index in [0.717, 1.165) is 43.1 Å². The fourth-order valence-corrected chi connectivity index (χ4v) is 3.99. The number of amides is 1. The van der Waals surface area contributed by atoms with Gasteiger partial charge in [-0.25, -0.2) is 0 Å². The first-order valence-electron chi connectivity index (χ1n) is 9.30. The Bertz CT molecular complexity index is 781. The lowest BCUT2D eigenvalue weighted by Gasteiger charge is -2.37. The second-order valence-corrected chi connectivity index (χ2v) is 7.27. The third-order valence-corrected chi connectivity index (χ3v) is 5.42. The quantitative estimate of drug-likeness (QED) is 0.844. The number of piperazine rings is 1. The Kier molecular flexibility index (Phi) is 4.68. The molecular weight excluding hydrogens is 330 g/mol. The molecular formula is C20H25N3O3. The van der Waals surface area contributed by atoms with Gasteiger partial charge in [-0.15, -0.1) is 0 Å². The number of aromatic nitrogens is 1. The lowest BCUT2D eigenvalue weighted by molar-refractivity contribution is 0.0561. The van der Waals surface area contributed by atoms with E-state index in [-0.39, 0.29) is 12.5 Å². The maximum absolute atomic E-state index is 12.7. The zero-order valence-electron chi connectivity index (χ0n) is 15.4. The number of carbonyl (C=O) groups excluding carboxylic acids is 1. The highest BCUT2D eigenvalue weighted by Gasteiger charge is 2.33. The number of carbonyl (C=O) groups is 1. The van der Waals surface area contributed by atoms with E-state index in [1.165, 1.54) is 12.8 Å². The van der Waals surface area contributed by atoms with Gasteiger partial charge in [0.25, 0.3) is 5.91 Å². The smallest absolute Gasteiger partial charge is 0.276 e. The Morgan fingerprint density at radius 3 is 2.88 bits per heavy atom. The molecule has 0 unspecified atom stereocenters. The summed E-state index contributed by atoms with van der Waals surface area (Å²) in [5.41, 5.74) is 2.53. The summed E-state index contributed by atoms with van der Waals surface area (Å²) < 4.78 is 11.2. The van der Waals surface area contributed by atoms with Crippen molar-refractivity contribution in [3.63, 3.8) is 0 Å². The summed E-state index contributed by atoms with van der Waals surface area (Å²) >= 11 is 0. The van der Waals surface area contributed by atoms with E-state index >= 15 is 0 Å². The van der Waals surface area contributed by atoms with Crippen LogP contribution in [0, 0.1) is 13.8 Å². The maximum Gasteiger partial charge on any atom is 0.276 e. The van der Waals surface area contributed by atoms with Crippen molar-refractivity contribution >= 4 is 5.91 Å². The highest BCUT2D eigenvalue weighted by Crippen LogP contribution is 2.24.